The van der Waals surface area contributed by atoms with Gasteiger partial charge in [-0.15, -0.1) is 0 Å². The lowest BCUT2D eigenvalue weighted by Crippen LogP contribution is -2.30. The fourth-order valence-electron chi connectivity index (χ4n) is 1.42. The average Bonchev–Trinajstić information content (AvgIpc) is 2.56. The maximum absolute atomic E-state index is 11.3. The molecule has 72 valence electrons. The third-order valence-corrected chi connectivity index (χ3v) is 2.01. The molecule has 0 saturated carbocycles. The zero-order valence-electron chi connectivity index (χ0n) is 7.66. The number of fused-ring (bicyclic) bond motifs is 1. The third kappa shape index (κ3) is 1.23. The Hall–Kier alpha value is -1.88. The van der Waals surface area contributed by atoms with Crippen molar-refractivity contribution in [2.45, 2.75) is 6.92 Å². The van der Waals surface area contributed by atoms with E-state index in [0.717, 1.165) is 11.3 Å². The van der Waals surface area contributed by atoms with E-state index < -0.39 is 0 Å². The van der Waals surface area contributed by atoms with Crippen LogP contribution < -0.4 is 11.3 Å². The summed E-state index contributed by atoms with van der Waals surface area (Å²) in [7, 11) is 0. The van der Waals surface area contributed by atoms with E-state index in [-0.39, 0.29) is 5.91 Å². The van der Waals surface area contributed by atoms with Crippen LogP contribution in [0.2, 0.25) is 0 Å². The predicted molar refractivity (Wildman–Crippen MR) is 52.5 cm³/mol. The highest BCUT2D eigenvalue weighted by molar-refractivity contribution is 6.04. The Morgan fingerprint density at radius 3 is 3.07 bits per heavy atom. The van der Waals surface area contributed by atoms with Crippen LogP contribution >= 0.6 is 0 Å². The molecular weight excluding hydrogens is 180 g/mol. The van der Waals surface area contributed by atoms with Crippen LogP contribution in [0.15, 0.2) is 18.2 Å². The number of carbonyl (C=O) groups excluding carboxylic acids is 1. The van der Waals surface area contributed by atoms with Crippen molar-refractivity contribution in [2.24, 2.45) is 5.84 Å². The fraction of sp³-hybridized carbons (Fsp3) is 0.111. The highest BCUT2D eigenvalue weighted by atomic mass is 16.2. The minimum Gasteiger partial charge on any atom is -0.342 e. The van der Waals surface area contributed by atoms with Gasteiger partial charge < -0.3 is 4.98 Å². The van der Waals surface area contributed by atoms with Crippen molar-refractivity contribution in [2.75, 3.05) is 0 Å². The quantitative estimate of drug-likeness (QED) is 0.347. The molecule has 1 aromatic heterocycles. The Bertz CT molecular complexity index is 489. The average molecular weight is 190 g/mol. The van der Waals surface area contributed by atoms with Gasteiger partial charge in [0.1, 0.15) is 11.3 Å². The summed E-state index contributed by atoms with van der Waals surface area (Å²) in [4.78, 5) is 18.6. The lowest BCUT2D eigenvalue weighted by Gasteiger charge is -1.98. The Kier molecular flexibility index (Phi) is 1.94. The molecule has 5 heteroatoms. The van der Waals surface area contributed by atoms with Crippen molar-refractivity contribution in [3.63, 3.8) is 0 Å². The second-order valence-corrected chi connectivity index (χ2v) is 3.00. The fourth-order valence-corrected chi connectivity index (χ4v) is 1.42. The van der Waals surface area contributed by atoms with Gasteiger partial charge in [0.25, 0.3) is 5.91 Å². The number of nitrogens with two attached hydrogens (primary N) is 1. The Morgan fingerprint density at radius 2 is 2.36 bits per heavy atom. The van der Waals surface area contributed by atoms with Crippen molar-refractivity contribution in [3.8, 4) is 0 Å². The number of hydrogen-bond donors (Lipinski definition) is 3. The van der Waals surface area contributed by atoms with E-state index >= 15 is 0 Å². The van der Waals surface area contributed by atoms with Crippen LogP contribution in [-0.4, -0.2) is 15.9 Å². The van der Waals surface area contributed by atoms with Gasteiger partial charge in [-0.05, 0) is 19.1 Å². The van der Waals surface area contributed by atoms with Crippen LogP contribution in [0, 0.1) is 6.92 Å². The zero-order chi connectivity index (χ0) is 10.1. The first-order chi connectivity index (χ1) is 6.72. The molecule has 5 nitrogen and oxygen atoms in total. The van der Waals surface area contributed by atoms with E-state index in [1.54, 1.807) is 12.1 Å². The zero-order valence-corrected chi connectivity index (χ0v) is 7.66. The molecule has 0 aliphatic heterocycles. The standard InChI is InChI=1S/C9H10N4O/c1-5-11-7-4-2-3-6(8(7)12-5)9(14)13-10/h2-4H,10H2,1H3,(H,11,12)(H,13,14). The summed E-state index contributed by atoms with van der Waals surface area (Å²) >= 11 is 0. The maximum Gasteiger partial charge on any atom is 0.267 e. The molecule has 0 radical (unpaired) electrons. The summed E-state index contributed by atoms with van der Waals surface area (Å²) in [6.45, 7) is 1.84. The highest BCUT2D eigenvalue weighted by Crippen LogP contribution is 2.15. The molecule has 4 N–H and O–H groups in total. The summed E-state index contributed by atoms with van der Waals surface area (Å²) in [5, 5.41) is 0. The summed E-state index contributed by atoms with van der Waals surface area (Å²) < 4.78 is 0. The Balaban J connectivity index is 2.70. The van der Waals surface area contributed by atoms with E-state index in [4.69, 9.17) is 5.84 Å². The number of hydrazine groups is 1. The molecule has 0 atom stereocenters. The number of amides is 1. The number of H-pyrrole nitrogens is 1. The number of carbonyl (C=O) groups is 1. The Morgan fingerprint density at radius 1 is 1.57 bits per heavy atom. The van der Waals surface area contributed by atoms with Gasteiger partial charge in [-0.25, -0.2) is 10.8 Å². The van der Waals surface area contributed by atoms with Gasteiger partial charge >= 0.3 is 0 Å². The molecule has 0 fully saturated rings. The molecule has 1 heterocycles. The van der Waals surface area contributed by atoms with Crippen molar-refractivity contribution < 1.29 is 4.79 Å². The first-order valence-electron chi connectivity index (χ1n) is 4.18. The summed E-state index contributed by atoms with van der Waals surface area (Å²) in [6, 6.07) is 5.33. The summed E-state index contributed by atoms with van der Waals surface area (Å²) in [5.74, 6) is 5.51. The van der Waals surface area contributed by atoms with Gasteiger partial charge in [0, 0.05) is 0 Å². The molecular formula is C9H10N4O. The molecule has 14 heavy (non-hydrogen) atoms. The molecule has 1 amide bonds. The number of aromatic nitrogens is 2. The normalized spacial score (nSPS) is 10.4. The number of imidazole rings is 1. The van der Waals surface area contributed by atoms with Gasteiger partial charge in [-0.1, -0.05) is 6.07 Å². The molecule has 0 spiro atoms. The van der Waals surface area contributed by atoms with Crippen molar-refractivity contribution in [1.82, 2.24) is 15.4 Å². The number of benzene rings is 1. The van der Waals surface area contributed by atoms with Gasteiger partial charge in [0.15, 0.2) is 0 Å². The minimum atomic E-state index is -0.331. The number of hydrogen-bond acceptors (Lipinski definition) is 3. The van der Waals surface area contributed by atoms with Gasteiger partial charge in [0.05, 0.1) is 11.1 Å². The van der Waals surface area contributed by atoms with E-state index in [1.807, 2.05) is 13.0 Å². The van der Waals surface area contributed by atoms with Crippen LogP contribution in [0.25, 0.3) is 11.0 Å². The smallest absolute Gasteiger partial charge is 0.267 e. The molecule has 0 bridgehead atoms. The number of aryl methyl sites for hydroxylation is 1. The van der Waals surface area contributed by atoms with Crippen LogP contribution in [0.1, 0.15) is 16.2 Å². The van der Waals surface area contributed by atoms with Crippen LogP contribution in [0.4, 0.5) is 0 Å². The van der Waals surface area contributed by atoms with E-state index in [2.05, 4.69) is 15.4 Å². The molecule has 0 aliphatic rings. The van der Waals surface area contributed by atoms with Crippen LogP contribution in [0.3, 0.4) is 0 Å². The first-order valence-corrected chi connectivity index (χ1v) is 4.18. The monoisotopic (exact) mass is 190 g/mol. The maximum atomic E-state index is 11.3. The lowest BCUT2D eigenvalue weighted by atomic mass is 10.2. The molecule has 1 aromatic carbocycles. The highest BCUT2D eigenvalue weighted by Gasteiger charge is 2.10. The van der Waals surface area contributed by atoms with Crippen LogP contribution in [-0.2, 0) is 0 Å². The minimum absolute atomic E-state index is 0.331. The molecule has 0 saturated heterocycles. The summed E-state index contributed by atoms with van der Waals surface area (Å²) in [5.41, 5.74) is 4.05. The number of para-hydroxylation sites is 1. The number of aromatic amines is 1. The first kappa shape index (κ1) is 8.71. The number of nitrogen functional groups attached to an aromatic ring is 1. The van der Waals surface area contributed by atoms with E-state index in [0.29, 0.717) is 11.1 Å². The third-order valence-electron chi connectivity index (χ3n) is 2.01. The SMILES string of the molecule is Cc1nc2c(C(=O)NN)cccc2[nH]1. The second-order valence-electron chi connectivity index (χ2n) is 3.00. The van der Waals surface area contributed by atoms with Crippen LogP contribution in [0.5, 0.6) is 0 Å². The summed E-state index contributed by atoms with van der Waals surface area (Å²) in [6.07, 6.45) is 0. The van der Waals surface area contributed by atoms with Crippen molar-refractivity contribution in [1.29, 1.82) is 0 Å². The van der Waals surface area contributed by atoms with Gasteiger partial charge in [-0.3, -0.25) is 10.2 Å². The largest absolute Gasteiger partial charge is 0.342 e. The number of nitrogens with one attached hydrogen (secondary N) is 2. The van der Waals surface area contributed by atoms with Gasteiger partial charge in [-0.2, -0.15) is 0 Å². The number of nitrogens with zero attached hydrogens (tertiary/aromatic N) is 1. The van der Waals surface area contributed by atoms with E-state index in [1.165, 1.54) is 0 Å². The predicted octanol–water partition coefficient (Wildman–Crippen LogP) is 0.475. The van der Waals surface area contributed by atoms with Crippen molar-refractivity contribution >= 4 is 16.9 Å². The topological polar surface area (TPSA) is 83.8 Å². The second kappa shape index (κ2) is 3.12. The molecule has 2 aromatic rings. The lowest BCUT2D eigenvalue weighted by molar-refractivity contribution is 0.0955. The van der Waals surface area contributed by atoms with E-state index in [9.17, 15) is 4.79 Å². The van der Waals surface area contributed by atoms with Crippen molar-refractivity contribution in [3.05, 3.63) is 29.6 Å². The molecule has 0 unspecified atom stereocenters. The van der Waals surface area contributed by atoms with Gasteiger partial charge in [0.2, 0.25) is 0 Å². The molecule has 2 rings (SSSR count). The number of rotatable bonds is 1. The molecule has 0 aliphatic carbocycles. The Labute approximate surface area is 80.3 Å².